The highest BCUT2D eigenvalue weighted by Gasteiger charge is 2.59. The van der Waals surface area contributed by atoms with Crippen LogP contribution in [0.25, 0.3) is 0 Å². The first-order valence-electron chi connectivity index (χ1n) is 10.5. The SMILES string of the molecule is CC(C)(C)OC(=O)[C@]1(C)CC(C(=O)c2ccc(OCc3ccccc3)cc2)C(=O)N1C(=O)O. The average Bonchev–Trinajstić information content (AvgIpc) is 3.03. The number of carbonyl (C=O) groups is 4. The van der Waals surface area contributed by atoms with Gasteiger partial charge in [-0.05, 0) is 57.5 Å². The third kappa shape index (κ3) is 5.22. The van der Waals surface area contributed by atoms with Gasteiger partial charge in [0.15, 0.2) is 5.78 Å². The molecule has 0 aromatic heterocycles. The Kier molecular flexibility index (Phi) is 6.58. The minimum absolute atomic E-state index is 0.221. The Morgan fingerprint density at radius 2 is 1.67 bits per heavy atom. The molecule has 0 saturated carbocycles. The molecule has 0 aliphatic carbocycles. The second-order valence-corrected chi connectivity index (χ2v) is 9.15. The molecule has 2 aromatic carbocycles. The van der Waals surface area contributed by atoms with Crippen molar-refractivity contribution in [2.75, 3.05) is 0 Å². The number of imide groups is 1. The molecule has 1 N–H and O–H groups in total. The summed E-state index contributed by atoms with van der Waals surface area (Å²) in [5, 5.41) is 9.60. The highest BCUT2D eigenvalue weighted by Crippen LogP contribution is 2.38. The number of esters is 1. The van der Waals surface area contributed by atoms with Gasteiger partial charge in [-0.3, -0.25) is 9.59 Å². The maximum Gasteiger partial charge on any atom is 0.415 e. The van der Waals surface area contributed by atoms with Crippen LogP contribution in [0.15, 0.2) is 54.6 Å². The van der Waals surface area contributed by atoms with Crippen LogP contribution in [0.3, 0.4) is 0 Å². The van der Waals surface area contributed by atoms with E-state index in [1.54, 1.807) is 32.9 Å². The monoisotopic (exact) mass is 453 g/mol. The topological polar surface area (TPSA) is 110 Å². The smallest absolute Gasteiger partial charge is 0.415 e. The van der Waals surface area contributed by atoms with E-state index in [0.29, 0.717) is 17.3 Å². The van der Waals surface area contributed by atoms with Gasteiger partial charge < -0.3 is 14.6 Å². The Balaban J connectivity index is 1.76. The zero-order valence-electron chi connectivity index (χ0n) is 19.0. The van der Waals surface area contributed by atoms with Crippen LogP contribution in [0.5, 0.6) is 5.75 Å². The summed E-state index contributed by atoms with van der Waals surface area (Å²) < 4.78 is 11.0. The van der Waals surface area contributed by atoms with Gasteiger partial charge in [-0.2, -0.15) is 0 Å². The molecule has 2 amide bonds. The Hall–Kier alpha value is -3.68. The number of carboxylic acid groups (broad SMARTS) is 1. The van der Waals surface area contributed by atoms with Crippen molar-refractivity contribution in [3.63, 3.8) is 0 Å². The number of benzene rings is 2. The zero-order chi connectivity index (χ0) is 24.4. The van der Waals surface area contributed by atoms with Crippen LogP contribution in [0.4, 0.5) is 4.79 Å². The number of nitrogens with zero attached hydrogens (tertiary/aromatic N) is 1. The number of ketones is 1. The van der Waals surface area contributed by atoms with Crippen LogP contribution >= 0.6 is 0 Å². The normalized spacial score (nSPS) is 20.4. The standard InChI is InChI=1S/C25H27NO7/c1-24(2,3)33-22(29)25(4)14-19(21(28)26(25)23(30)31)20(27)17-10-12-18(13-11-17)32-15-16-8-6-5-7-9-16/h5-13,19H,14-15H2,1-4H3,(H,30,31)/t19?,25-/m0/s1. The van der Waals surface area contributed by atoms with E-state index in [0.717, 1.165) is 5.56 Å². The van der Waals surface area contributed by atoms with Crippen LogP contribution in [0, 0.1) is 5.92 Å². The fraction of sp³-hybridized carbons (Fsp3) is 0.360. The Bertz CT molecular complexity index is 1060. The van der Waals surface area contributed by atoms with Gasteiger partial charge >= 0.3 is 12.1 Å². The van der Waals surface area contributed by atoms with Gasteiger partial charge in [0.25, 0.3) is 0 Å². The fourth-order valence-electron chi connectivity index (χ4n) is 3.71. The number of hydrogen-bond acceptors (Lipinski definition) is 6. The lowest BCUT2D eigenvalue weighted by Gasteiger charge is -2.32. The number of ether oxygens (including phenoxy) is 2. The lowest BCUT2D eigenvalue weighted by molar-refractivity contribution is -0.167. The lowest BCUT2D eigenvalue weighted by Crippen LogP contribution is -2.54. The Labute approximate surface area is 192 Å². The second kappa shape index (κ2) is 9.05. The van der Waals surface area contributed by atoms with Crippen molar-refractivity contribution >= 4 is 23.8 Å². The molecule has 0 radical (unpaired) electrons. The highest BCUT2D eigenvalue weighted by atomic mass is 16.6. The zero-order valence-corrected chi connectivity index (χ0v) is 19.0. The molecular weight excluding hydrogens is 426 g/mol. The molecule has 1 aliphatic heterocycles. The average molecular weight is 453 g/mol. The van der Waals surface area contributed by atoms with E-state index in [1.165, 1.54) is 19.1 Å². The number of rotatable bonds is 6. The van der Waals surface area contributed by atoms with Crippen molar-refractivity contribution in [3.8, 4) is 5.75 Å². The van der Waals surface area contributed by atoms with E-state index in [9.17, 15) is 24.3 Å². The number of Topliss-reactive ketones (excluding diaryl/α,β-unsaturated/α-hetero) is 1. The number of likely N-dealkylation sites (tertiary alicyclic amines) is 1. The maximum atomic E-state index is 13.1. The molecule has 8 heteroatoms. The number of carbonyl (C=O) groups excluding carboxylic acids is 3. The molecule has 8 nitrogen and oxygen atoms in total. The van der Waals surface area contributed by atoms with Gasteiger partial charge in [-0.15, -0.1) is 0 Å². The van der Waals surface area contributed by atoms with Crippen molar-refractivity contribution in [2.45, 2.75) is 51.9 Å². The van der Waals surface area contributed by atoms with Crippen LogP contribution in [-0.2, 0) is 20.9 Å². The minimum atomic E-state index is -1.80. The molecule has 1 heterocycles. The predicted molar refractivity (Wildman–Crippen MR) is 119 cm³/mol. The van der Waals surface area contributed by atoms with Crippen LogP contribution in [-0.4, -0.2) is 44.9 Å². The molecule has 174 valence electrons. The highest BCUT2D eigenvalue weighted by molar-refractivity contribution is 6.16. The van der Waals surface area contributed by atoms with Gasteiger partial charge in [0.1, 0.15) is 29.4 Å². The summed E-state index contributed by atoms with van der Waals surface area (Å²) in [7, 11) is 0. The molecule has 1 unspecified atom stereocenters. The molecule has 1 saturated heterocycles. The minimum Gasteiger partial charge on any atom is -0.489 e. The van der Waals surface area contributed by atoms with Gasteiger partial charge in [-0.25, -0.2) is 14.5 Å². The summed E-state index contributed by atoms with van der Waals surface area (Å²) in [5.74, 6) is -3.14. The molecular formula is C25H27NO7. The van der Waals surface area contributed by atoms with Gasteiger partial charge in [0.2, 0.25) is 5.91 Å². The molecule has 0 spiro atoms. The molecule has 1 aliphatic rings. The quantitative estimate of drug-likeness (QED) is 0.399. The van der Waals surface area contributed by atoms with E-state index in [4.69, 9.17) is 9.47 Å². The Morgan fingerprint density at radius 1 is 1.06 bits per heavy atom. The van der Waals surface area contributed by atoms with Gasteiger partial charge in [0.05, 0.1) is 0 Å². The van der Waals surface area contributed by atoms with E-state index >= 15 is 0 Å². The summed E-state index contributed by atoms with van der Waals surface area (Å²) >= 11 is 0. The van der Waals surface area contributed by atoms with Gasteiger partial charge in [-0.1, -0.05) is 30.3 Å². The van der Waals surface area contributed by atoms with E-state index in [2.05, 4.69) is 0 Å². The van der Waals surface area contributed by atoms with Crippen LogP contribution in [0.2, 0.25) is 0 Å². The molecule has 2 aromatic rings. The summed E-state index contributed by atoms with van der Waals surface area (Å²) in [6, 6.07) is 15.8. The van der Waals surface area contributed by atoms with Crippen molar-refractivity contribution in [2.24, 2.45) is 5.92 Å². The van der Waals surface area contributed by atoms with E-state index < -0.39 is 40.8 Å². The molecule has 33 heavy (non-hydrogen) atoms. The van der Waals surface area contributed by atoms with Crippen molar-refractivity contribution in [3.05, 3.63) is 65.7 Å². The predicted octanol–water partition coefficient (Wildman–Crippen LogP) is 4.08. The fourth-order valence-corrected chi connectivity index (χ4v) is 3.71. The third-order valence-corrected chi connectivity index (χ3v) is 5.35. The van der Waals surface area contributed by atoms with E-state index in [-0.39, 0.29) is 12.0 Å². The molecule has 0 bridgehead atoms. The van der Waals surface area contributed by atoms with Gasteiger partial charge in [0, 0.05) is 12.0 Å². The third-order valence-electron chi connectivity index (χ3n) is 5.35. The summed E-state index contributed by atoms with van der Waals surface area (Å²) in [4.78, 5) is 50.9. The first-order chi connectivity index (χ1) is 15.4. The summed E-state index contributed by atoms with van der Waals surface area (Å²) in [5.41, 5.74) is -1.47. The summed E-state index contributed by atoms with van der Waals surface area (Å²) in [6.45, 7) is 6.58. The molecule has 3 rings (SSSR count). The van der Waals surface area contributed by atoms with Crippen molar-refractivity contribution in [1.82, 2.24) is 4.90 Å². The number of amides is 2. The lowest BCUT2D eigenvalue weighted by atomic mass is 9.89. The largest absolute Gasteiger partial charge is 0.489 e. The van der Waals surface area contributed by atoms with E-state index in [1.807, 2.05) is 30.3 Å². The number of hydrogen-bond donors (Lipinski definition) is 1. The summed E-state index contributed by atoms with van der Waals surface area (Å²) in [6.07, 6.45) is -1.90. The maximum absolute atomic E-state index is 13.1. The van der Waals surface area contributed by atoms with Crippen molar-refractivity contribution in [1.29, 1.82) is 0 Å². The molecule has 2 atom stereocenters. The second-order valence-electron chi connectivity index (χ2n) is 9.15. The van der Waals surface area contributed by atoms with Crippen LogP contribution in [0.1, 0.15) is 50.0 Å². The first-order valence-corrected chi connectivity index (χ1v) is 10.5. The first kappa shape index (κ1) is 24.0. The Morgan fingerprint density at radius 3 is 2.21 bits per heavy atom. The van der Waals surface area contributed by atoms with Crippen molar-refractivity contribution < 1.29 is 33.8 Å². The van der Waals surface area contributed by atoms with Crippen LogP contribution < -0.4 is 4.74 Å². The molecule has 1 fully saturated rings.